The van der Waals surface area contributed by atoms with E-state index in [1.54, 1.807) is 36.5 Å². The van der Waals surface area contributed by atoms with Crippen LogP contribution >= 0.6 is 11.3 Å². The lowest BCUT2D eigenvalue weighted by Gasteiger charge is -2.05. The molecular weight excluding hydrogens is 426 g/mol. The molecule has 0 amide bonds. The third kappa shape index (κ3) is 4.65. The van der Waals surface area contributed by atoms with Crippen molar-refractivity contribution in [1.82, 2.24) is 4.98 Å². The molecule has 0 aliphatic heterocycles. The number of rotatable bonds is 7. The summed E-state index contributed by atoms with van der Waals surface area (Å²) in [4.78, 5) is 20.7. The van der Waals surface area contributed by atoms with Gasteiger partial charge in [-0.2, -0.15) is 0 Å². The molecule has 0 fully saturated rings. The second-order valence-corrected chi connectivity index (χ2v) is 7.74. The highest BCUT2D eigenvalue weighted by molar-refractivity contribution is 7.19. The zero-order valence-electron chi connectivity index (χ0n) is 17.1. The Kier molecular flexibility index (Phi) is 6.23. The number of benzene rings is 3. The monoisotopic (exact) mass is 445 g/mol. The molecule has 32 heavy (non-hydrogen) atoms. The summed E-state index contributed by atoms with van der Waals surface area (Å²) in [5, 5.41) is 21.4. The van der Waals surface area contributed by atoms with Crippen LogP contribution in [0.4, 0.5) is 10.8 Å². The van der Waals surface area contributed by atoms with Gasteiger partial charge in [-0.15, -0.1) is 0 Å². The first-order chi connectivity index (χ1) is 15.5. The summed E-state index contributed by atoms with van der Waals surface area (Å²) in [6.45, 7) is 2.29. The molecule has 4 aromatic rings. The summed E-state index contributed by atoms with van der Waals surface area (Å²) in [6.07, 6.45) is 1.66. The quantitative estimate of drug-likeness (QED) is 0.206. The number of hydrogen-bond donors (Lipinski definition) is 1. The van der Waals surface area contributed by atoms with Crippen molar-refractivity contribution < 1.29 is 14.8 Å². The summed E-state index contributed by atoms with van der Waals surface area (Å²) < 4.78 is 5.42. The number of aliphatic imine (C=N–C) groups is 1. The topological polar surface area (TPSA) is 97.9 Å². The smallest absolute Gasteiger partial charge is 0.269 e. The minimum absolute atomic E-state index is 0.0372. The standard InChI is InChI=1S/C24H19N3O4S/c1-2-31-21-14-16(8-13-20(21)28)15-25-24-26-22(17-6-4-3-5-7-17)23(32-24)18-9-11-19(12-10-18)27(29)30/h3-15,28H,2H2,1H3. The molecule has 0 aliphatic rings. The Morgan fingerprint density at radius 2 is 1.84 bits per heavy atom. The second kappa shape index (κ2) is 9.40. The van der Waals surface area contributed by atoms with Crippen LogP contribution in [0.1, 0.15) is 12.5 Å². The van der Waals surface area contributed by atoms with Crippen LogP contribution in [0.15, 0.2) is 77.8 Å². The molecule has 4 rings (SSSR count). The van der Waals surface area contributed by atoms with Crippen molar-refractivity contribution in [3.63, 3.8) is 0 Å². The van der Waals surface area contributed by atoms with E-state index < -0.39 is 4.92 Å². The van der Waals surface area contributed by atoms with E-state index in [0.717, 1.165) is 27.3 Å². The van der Waals surface area contributed by atoms with E-state index in [1.807, 2.05) is 37.3 Å². The summed E-state index contributed by atoms with van der Waals surface area (Å²) >= 11 is 1.40. The lowest BCUT2D eigenvalue weighted by Crippen LogP contribution is -1.93. The van der Waals surface area contributed by atoms with E-state index in [-0.39, 0.29) is 11.4 Å². The maximum absolute atomic E-state index is 11.0. The number of nitro benzene ring substituents is 1. The number of phenolic OH excluding ortho intramolecular Hbond substituents is 1. The van der Waals surface area contributed by atoms with Crippen molar-refractivity contribution in [2.24, 2.45) is 4.99 Å². The van der Waals surface area contributed by atoms with Gasteiger partial charge in [-0.25, -0.2) is 9.98 Å². The molecule has 1 heterocycles. The van der Waals surface area contributed by atoms with Gasteiger partial charge in [-0.1, -0.05) is 41.7 Å². The van der Waals surface area contributed by atoms with Gasteiger partial charge in [0.1, 0.15) is 0 Å². The molecule has 1 N–H and O–H groups in total. The number of aromatic hydroxyl groups is 1. The van der Waals surface area contributed by atoms with Gasteiger partial charge in [0.25, 0.3) is 5.69 Å². The van der Waals surface area contributed by atoms with E-state index in [2.05, 4.69) is 4.99 Å². The van der Waals surface area contributed by atoms with E-state index in [0.29, 0.717) is 17.5 Å². The van der Waals surface area contributed by atoms with Crippen LogP contribution in [0.2, 0.25) is 0 Å². The number of hydrogen-bond acceptors (Lipinski definition) is 7. The highest BCUT2D eigenvalue weighted by Crippen LogP contribution is 2.40. The molecule has 3 aromatic carbocycles. The predicted octanol–water partition coefficient (Wildman–Crippen LogP) is 6.24. The summed E-state index contributed by atoms with van der Waals surface area (Å²) in [5.74, 6) is 0.470. The minimum atomic E-state index is -0.418. The maximum Gasteiger partial charge on any atom is 0.269 e. The van der Waals surface area contributed by atoms with Gasteiger partial charge in [0.05, 0.1) is 22.1 Å². The maximum atomic E-state index is 11.0. The molecule has 0 saturated heterocycles. The number of aromatic nitrogens is 1. The molecule has 0 bridgehead atoms. The second-order valence-electron chi connectivity index (χ2n) is 6.76. The number of thiazole rings is 1. The normalized spacial score (nSPS) is 11.0. The first-order valence-electron chi connectivity index (χ1n) is 9.86. The Hall–Kier alpha value is -4.04. The Morgan fingerprint density at radius 1 is 1.09 bits per heavy atom. The van der Waals surface area contributed by atoms with E-state index in [9.17, 15) is 15.2 Å². The van der Waals surface area contributed by atoms with Crippen molar-refractivity contribution in [2.45, 2.75) is 6.92 Å². The Morgan fingerprint density at radius 3 is 2.53 bits per heavy atom. The fraction of sp³-hybridized carbons (Fsp3) is 0.0833. The zero-order chi connectivity index (χ0) is 22.5. The molecule has 0 unspecified atom stereocenters. The van der Waals surface area contributed by atoms with Crippen molar-refractivity contribution in [3.05, 3.63) is 88.5 Å². The van der Waals surface area contributed by atoms with Crippen molar-refractivity contribution >= 4 is 28.4 Å². The van der Waals surface area contributed by atoms with Crippen molar-refractivity contribution in [1.29, 1.82) is 0 Å². The highest BCUT2D eigenvalue weighted by atomic mass is 32.1. The molecule has 0 saturated carbocycles. The first kappa shape index (κ1) is 21.2. The fourth-order valence-corrected chi connectivity index (χ4v) is 4.04. The van der Waals surface area contributed by atoms with Gasteiger partial charge in [0.2, 0.25) is 5.13 Å². The van der Waals surface area contributed by atoms with E-state index >= 15 is 0 Å². The number of nitro groups is 1. The van der Waals surface area contributed by atoms with Gasteiger partial charge < -0.3 is 9.84 Å². The molecule has 160 valence electrons. The average molecular weight is 446 g/mol. The van der Waals surface area contributed by atoms with Crippen LogP contribution in [0.3, 0.4) is 0 Å². The molecular formula is C24H19N3O4S. The van der Waals surface area contributed by atoms with Crippen LogP contribution in [-0.2, 0) is 0 Å². The van der Waals surface area contributed by atoms with Gasteiger partial charge >= 0.3 is 0 Å². The van der Waals surface area contributed by atoms with Gasteiger partial charge in [-0.3, -0.25) is 10.1 Å². The molecule has 0 radical (unpaired) electrons. The van der Waals surface area contributed by atoms with Crippen LogP contribution in [0.5, 0.6) is 11.5 Å². The van der Waals surface area contributed by atoms with Crippen LogP contribution in [0.25, 0.3) is 21.7 Å². The van der Waals surface area contributed by atoms with Crippen LogP contribution in [-0.4, -0.2) is 27.8 Å². The van der Waals surface area contributed by atoms with Gasteiger partial charge in [0, 0.05) is 23.9 Å². The lowest BCUT2D eigenvalue weighted by atomic mass is 10.1. The van der Waals surface area contributed by atoms with Crippen LogP contribution < -0.4 is 4.74 Å². The molecule has 0 spiro atoms. The average Bonchev–Trinajstić information content (AvgIpc) is 3.25. The number of nitrogens with zero attached hydrogens (tertiary/aromatic N) is 3. The Labute approximate surface area is 188 Å². The molecule has 7 nitrogen and oxygen atoms in total. The first-order valence-corrected chi connectivity index (χ1v) is 10.7. The third-order valence-corrected chi connectivity index (χ3v) is 5.62. The molecule has 0 atom stereocenters. The predicted molar refractivity (Wildman–Crippen MR) is 126 cm³/mol. The molecule has 1 aromatic heterocycles. The van der Waals surface area contributed by atoms with Gasteiger partial charge in [0.15, 0.2) is 11.5 Å². The number of ether oxygens (including phenoxy) is 1. The van der Waals surface area contributed by atoms with Gasteiger partial charge in [-0.05, 0) is 48.4 Å². The Balaban J connectivity index is 1.72. The van der Waals surface area contributed by atoms with Crippen LogP contribution in [0, 0.1) is 10.1 Å². The fourth-order valence-electron chi connectivity index (χ4n) is 3.10. The van der Waals surface area contributed by atoms with Crippen molar-refractivity contribution in [3.8, 4) is 33.2 Å². The number of phenols is 1. The summed E-state index contributed by atoms with van der Waals surface area (Å²) in [6, 6.07) is 21.2. The highest BCUT2D eigenvalue weighted by Gasteiger charge is 2.16. The zero-order valence-corrected chi connectivity index (χ0v) is 18.0. The van der Waals surface area contributed by atoms with E-state index in [4.69, 9.17) is 9.72 Å². The summed E-state index contributed by atoms with van der Waals surface area (Å²) in [5.41, 5.74) is 3.32. The summed E-state index contributed by atoms with van der Waals surface area (Å²) in [7, 11) is 0. The Bertz CT molecular complexity index is 1270. The van der Waals surface area contributed by atoms with Crippen molar-refractivity contribution in [2.75, 3.05) is 6.61 Å². The largest absolute Gasteiger partial charge is 0.504 e. The third-order valence-electron chi connectivity index (χ3n) is 4.61. The van der Waals surface area contributed by atoms with E-state index in [1.165, 1.54) is 23.5 Å². The number of non-ortho nitro benzene ring substituents is 1. The molecule has 0 aliphatic carbocycles. The SMILES string of the molecule is CCOc1cc(C=Nc2nc(-c3ccccc3)c(-c3ccc([N+](=O)[O-])cc3)s2)ccc1O. The lowest BCUT2D eigenvalue weighted by molar-refractivity contribution is -0.384. The minimum Gasteiger partial charge on any atom is -0.504 e. The molecule has 8 heteroatoms.